The number of esters is 1. The van der Waals surface area contributed by atoms with Gasteiger partial charge in [0.05, 0.1) is 0 Å². The van der Waals surface area contributed by atoms with Gasteiger partial charge in [-0.15, -0.1) is 0 Å². The van der Waals surface area contributed by atoms with E-state index in [0.717, 1.165) is 29.1 Å². The number of nitrogens with one attached hydrogen (secondary N) is 2. The van der Waals surface area contributed by atoms with E-state index in [4.69, 9.17) is 9.47 Å². The predicted octanol–water partition coefficient (Wildman–Crippen LogP) is 4.82. The topological polar surface area (TPSA) is 106 Å². The summed E-state index contributed by atoms with van der Waals surface area (Å²) in [4.78, 5) is 35.5. The summed E-state index contributed by atoms with van der Waals surface area (Å²) in [5.41, 5.74) is 2.41. The molecule has 0 unspecified atom stereocenters. The van der Waals surface area contributed by atoms with Crippen molar-refractivity contribution in [2.24, 2.45) is 0 Å². The maximum absolute atomic E-state index is 12.4. The number of likely N-dealkylation sites (tertiary alicyclic amines) is 1. The molecule has 0 spiro atoms. The molecule has 0 radical (unpaired) electrons. The molecule has 1 amide bonds. The van der Waals surface area contributed by atoms with Gasteiger partial charge in [0.15, 0.2) is 0 Å². The second-order valence-electron chi connectivity index (χ2n) is 10.5. The number of ether oxygens (including phenoxy) is 2. The van der Waals surface area contributed by atoms with Crippen LogP contribution in [-0.4, -0.2) is 65.1 Å². The third kappa shape index (κ3) is 9.07. The van der Waals surface area contributed by atoms with Crippen LogP contribution in [-0.2, 0) is 9.53 Å². The van der Waals surface area contributed by atoms with Crippen molar-refractivity contribution in [2.75, 3.05) is 38.1 Å². The van der Waals surface area contributed by atoms with E-state index in [0.29, 0.717) is 18.1 Å². The third-order valence-electron chi connectivity index (χ3n) is 6.18. The van der Waals surface area contributed by atoms with Crippen molar-refractivity contribution in [1.29, 1.82) is 0 Å². The number of amides is 1. The molecular weight excluding hydrogens is 494 g/mol. The first-order chi connectivity index (χ1) is 18.7. The normalized spacial score (nSPS) is 13.9. The summed E-state index contributed by atoms with van der Waals surface area (Å²) in [5.74, 6) is 0.499. The number of anilines is 2. The second-order valence-corrected chi connectivity index (χ2v) is 10.5. The lowest BCUT2D eigenvalue weighted by molar-refractivity contribution is -0.153. The first-order valence-corrected chi connectivity index (χ1v) is 13.4. The zero-order chi connectivity index (χ0) is 27.7. The standard InChI is InChI=1S/C30H37N5O4/c1-30(2,3)39-27(36)21-31-28(37)23-9-7-22(8-10-23)24-19-32-29(33-20-24)34-25-11-13-26(14-12-25)38-18-17-35-15-5-4-6-16-35/h7-14,19-20H,4-6,15-18,21H2,1-3H3,(H,31,37)(H,32,33,34). The minimum Gasteiger partial charge on any atom is -0.492 e. The summed E-state index contributed by atoms with van der Waals surface area (Å²) in [6, 6.07) is 14.8. The van der Waals surface area contributed by atoms with Gasteiger partial charge in [0, 0.05) is 35.8 Å². The van der Waals surface area contributed by atoms with Crippen LogP contribution in [0.15, 0.2) is 60.9 Å². The highest BCUT2D eigenvalue weighted by atomic mass is 16.6. The Morgan fingerprint density at radius 1 is 0.897 bits per heavy atom. The number of hydrogen-bond donors (Lipinski definition) is 2. The lowest BCUT2D eigenvalue weighted by Gasteiger charge is -2.26. The average Bonchev–Trinajstić information content (AvgIpc) is 2.93. The van der Waals surface area contributed by atoms with E-state index in [2.05, 4.69) is 25.5 Å². The molecule has 4 rings (SSSR count). The fraction of sp³-hybridized carbons (Fsp3) is 0.400. The number of benzene rings is 2. The fourth-order valence-corrected chi connectivity index (χ4v) is 4.23. The lowest BCUT2D eigenvalue weighted by atomic mass is 10.1. The van der Waals surface area contributed by atoms with Crippen LogP contribution in [0, 0.1) is 0 Å². The van der Waals surface area contributed by atoms with Crippen molar-refractivity contribution in [3.05, 3.63) is 66.5 Å². The van der Waals surface area contributed by atoms with Crippen LogP contribution in [0.4, 0.5) is 11.6 Å². The monoisotopic (exact) mass is 531 g/mol. The number of piperidine rings is 1. The minimum absolute atomic E-state index is 0.186. The molecule has 9 nitrogen and oxygen atoms in total. The SMILES string of the molecule is CC(C)(C)OC(=O)CNC(=O)c1ccc(-c2cnc(Nc3ccc(OCCN4CCCCC4)cc3)nc2)cc1. The van der Waals surface area contributed by atoms with Crippen molar-refractivity contribution in [3.63, 3.8) is 0 Å². The first kappa shape index (κ1) is 28.0. The molecule has 0 atom stereocenters. The number of nitrogens with zero attached hydrogens (tertiary/aromatic N) is 3. The highest BCUT2D eigenvalue weighted by Gasteiger charge is 2.17. The molecule has 206 valence electrons. The van der Waals surface area contributed by atoms with E-state index in [9.17, 15) is 9.59 Å². The van der Waals surface area contributed by atoms with Gasteiger partial charge in [-0.2, -0.15) is 0 Å². The fourth-order valence-electron chi connectivity index (χ4n) is 4.23. The summed E-state index contributed by atoms with van der Waals surface area (Å²) in [6.45, 7) is 9.15. The molecular formula is C30H37N5O4. The molecule has 0 aliphatic carbocycles. The van der Waals surface area contributed by atoms with Crippen molar-refractivity contribution in [3.8, 4) is 16.9 Å². The van der Waals surface area contributed by atoms with E-state index in [1.54, 1.807) is 45.3 Å². The van der Waals surface area contributed by atoms with Crippen LogP contribution in [0.5, 0.6) is 5.75 Å². The largest absolute Gasteiger partial charge is 0.492 e. The first-order valence-electron chi connectivity index (χ1n) is 13.4. The Morgan fingerprint density at radius 2 is 1.56 bits per heavy atom. The third-order valence-corrected chi connectivity index (χ3v) is 6.18. The molecule has 0 bridgehead atoms. The van der Waals surface area contributed by atoms with Crippen molar-refractivity contribution >= 4 is 23.5 Å². The van der Waals surface area contributed by atoms with Crippen LogP contribution < -0.4 is 15.4 Å². The predicted molar refractivity (Wildman–Crippen MR) is 151 cm³/mol. The molecule has 2 N–H and O–H groups in total. The minimum atomic E-state index is -0.595. The highest BCUT2D eigenvalue weighted by molar-refractivity contribution is 5.96. The van der Waals surface area contributed by atoms with Crippen LogP contribution >= 0.6 is 0 Å². The Kier molecular flexibility index (Phi) is 9.49. The molecule has 1 fully saturated rings. The second kappa shape index (κ2) is 13.2. The molecule has 1 aliphatic heterocycles. The van der Waals surface area contributed by atoms with Gasteiger partial charge in [-0.3, -0.25) is 14.5 Å². The average molecular weight is 532 g/mol. The number of hydrogen-bond acceptors (Lipinski definition) is 8. The van der Waals surface area contributed by atoms with Gasteiger partial charge in [-0.1, -0.05) is 18.6 Å². The summed E-state index contributed by atoms with van der Waals surface area (Å²) in [5, 5.41) is 5.78. The van der Waals surface area contributed by atoms with Gasteiger partial charge in [0.1, 0.15) is 24.5 Å². The van der Waals surface area contributed by atoms with Gasteiger partial charge in [-0.25, -0.2) is 9.97 Å². The molecule has 2 aromatic carbocycles. The summed E-state index contributed by atoms with van der Waals surface area (Å²) < 4.78 is 11.1. The Bertz CT molecular complexity index is 1220. The zero-order valence-electron chi connectivity index (χ0n) is 22.9. The molecule has 9 heteroatoms. The number of carbonyl (C=O) groups is 2. The van der Waals surface area contributed by atoms with Crippen LogP contribution in [0.25, 0.3) is 11.1 Å². The number of rotatable bonds is 10. The van der Waals surface area contributed by atoms with Gasteiger partial charge >= 0.3 is 5.97 Å². The zero-order valence-corrected chi connectivity index (χ0v) is 22.9. The Hall–Kier alpha value is -3.98. The lowest BCUT2D eigenvalue weighted by Crippen LogP contribution is -2.34. The van der Waals surface area contributed by atoms with Gasteiger partial charge < -0.3 is 20.1 Å². The Labute approximate surface area is 229 Å². The van der Waals surface area contributed by atoms with Gasteiger partial charge in [0.2, 0.25) is 5.95 Å². The summed E-state index contributed by atoms with van der Waals surface area (Å²) in [7, 11) is 0. The Balaban J connectivity index is 1.24. The van der Waals surface area contributed by atoms with E-state index < -0.39 is 11.6 Å². The van der Waals surface area contributed by atoms with Gasteiger partial charge in [0.25, 0.3) is 5.91 Å². The van der Waals surface area contributed by atoms with Crippen LogP contribution in [0.2, 0.25) is 0 Å². The molecule has 3 aromatic rings. The van der Waals surface area contributed by atoms with E-state index in [-0.39, 0.29) is 12.5 Å². The maximum Gasteiger partial charge on any atom is 0.325 e. The number of carbonyl (C=O) groups excluding carboxylic acids is 2. The molecule has 1 saturated heterocycles. The molecule has 39 heavy (non-hydrogen) atoms. The van der Waals surface area contributed by atoms with E-state index >= 15 is 0 Å². The summed E-state index contributed by atoms with van der Waals surface area (Å²) >= 11 is 0. The molecule has 1 aromatic heterocycles. The van der Waals surface area contributed by atoms with E-state index in [1.807, 2.05) is 36.4 Å². The van der Waals surface area contributed by atoms with Crippen molar-refractivity contribution in [2.45, 2.75) is 45.6 Å². The van der Waals surface area contributed by atoms with Gasteiger partial charge in [-0.05, 0) is 88.7 Å². The van der Waals surface area contributed by atoms with Crippen molar-refractivity contribution < 1.29 is 19.1 Å². The molecule has 1 aliphatic rings. The van der Waals surface area contributed by atoms with Crippen LogP contribution in [0.1, 0.15) is 50.4 Å². The maximum atomic E-state index is 12.4. The Morgan fingerprint density at radius 3 is 2.21 bits per heavy atom. The quantitative estimate of drug-likeness (QED) is 0.359. The van der Waals surface area contributed by atoms with Crippen molar-refractivity contribution in [1.82, 2.24) is 20.2 Å². The molecule has 0 saturated carbocycles. The number of aromatic nitrogens is 2. The summed E-state index contributed by atoms with van der Waals surface area (Å²) in [6.07, 6.45) is 7.36. The van der Waals surface area contributed by atoms with Crippen LogP contribution in [0.3, 0.4) is 0 Å². The highest BCUT2D eigenvalue weighted by Crippen LogP contribution is 2.22. The molecule has 2 heterocycles. The van der Waals surface area contributed by atoms with E-state index in [1.165, 1.54) is 32.4 Å². The smallest absolute Gasteiger partial charge is 0.325 e.